The third kappa shape index (κ3) is 3.50. The Morgan fingerprint density at radius 3 is 2.74 bits per heavy atom. The molecule has 2 aromatic rings. The van der Waals surface area contributed by atoms with Crippen LogP contribution >= 0.6 is 11.8 Å². The normalized spacial score (nSPS) is 22.8. The lowest BCUT2D eigenvalue weighted by Crippen LogP contribution is -2.32. The van der Waals surface area contributed by atoms with Gasteiger partial charge in [0, 0.05) is 23.3 Å². The van der Waals surface area contributed by atoms with Crippen LogP contribution in [-0.4, -0.2) is 39.7 Å². The molecule has 0 saturated heterocycles. The van der Waals surface area contributed by atoms with E-state index in [1.165, 1.54) is 18.9 Å². The number of carbonyl (C=O) groups excluding carboxylic acids is 2. The van der Waals surface area contributed by atoms with Gasteiger partial charge in [-0.1, -0.05) is 39.5 Å². The second kappa shape index (κ2) is 7.89. The summed E-state index contributed by atoms with van der Waals surface area (Å²) in [5, 5.41) is 12.1. The molecule has 2 aliphatic rings. The van der Waals surface area contributed by atoms with Gasteiger partial charge in [-0.2, -0.15) is 5.10 Å². The Hall–Kier alpha value is -2.48. The van der Waals surface area contributed by atoms with Gasteiger partial charge in [-0.3, -0.25) is 9.59 Å². The first kappa shape index (κ1) is 21.7. The lowest BCUT2D eigenvalue weighted by Gasteiger charge is -2.33. The summed E-state index contributed by atoms with van der Waals surface area (Å²) < 4.78 is 5.29. The second-order valence-electron chi connectivity index (χ2n) is 9.00. The van der Waals surface area contributed by atoms with Crippen LogP contribution in [0.25, 0.3) is 0 Å². The Morgan fingerprint density at radius 1 is 1.26 bits per heavy atom. The minimum atomic E-state index is -0.138. The van der Waals surface area contributed by atoms with Gasteiger partial charge in [0.05, 0.1) is 29.9 Å². The molecule has 8 heteroatoms. The Labute approximate surface area is 186 Å². The first-order chi connectivity index (χ1) is 14.7. The molecular formula is C23H28N4O3S. The molecule has 2 aliphatic carbocycles. The highest BCUT2D eigenvalue weighted by Crippen LogP contribution is 2.66. The van der Waals surface area contributed by atoms with E-state index in [2.05, 4.69) is 36.3 Å². The van der Waals surface area contributed by atoms with Crippen molar-refractivity contribution < 1.29 is 14.3 Å². The van der Waals surface area contributed by atoms with Crippen molar-refractivity contribution >= 4 is 29.1 Å². The average molecular weight is 441 g/mol. The van der Waals surface area contributed by atoms with Crippen LogP contribution in [0.4, 0.5) is 5.69 Å². The van der Waals surface area contributed by atoms with Gasteiger partial charge in [0.2, 0.25) is 11.1 Å². The predicted molar refractivity (Wildman–Crippen MR) is 120 cm³/mol. The van der Waals surface area contributed by atoms with E-state index >= 15 is 0 Å². The number of methoxy groups -OCH3 is 1. The highest BCUT2D eigenvalue weighted by Gasteiger charge is 2.61. The van der Waals surface area contributed by atoms with E-state index in [1.807, 2.05) is 0 Å². The van der Waals surface area contributed by atoms with Crippen molar-refractivity contribution in [2.45, 2.75) is 63.4 Å². The topological polar surface area (TPSA) is 94.1 Å². The second-order valence-corrected chi connectivity index (χ2v) is 9.94. The summed E-state index contributed by atoms with van der Waals surface area (Å²) in [6, 6.07) is 5.05. The Bertz CT molecular complexity index is 1060. The molecule has 1 aromatic carbocycles. The number of carbonyl (C=O) groups is 2. The third-order valence-electron chi connectivity index (χ3n) is 7.22. The fourth-order valence-corrected chi connectivity index (χ4v) is 5.54. The minimum Gasteiger partial charge on any atom is -0.495 e. The molecule has 2 bridgehead atoms. The highest BCUT2D eigenvalue weighted by atomic mass is 32.2. The molecule has 1 amide bonds. The molecule has 31 heavy (non-hydrogen) atoms. The zero-order valence-corrected chi connectivity index (χ0v) is 19.4. The first-order valence-corrected chi connectivity index (χ1v) is 11.6. The largest absolute Gasteiger partial charge is 0.495 e. The summed E-state index contributed by atoms with van der Waals surface area (Å²) >= 11 is 1.30. The number of ketones is 1. The number of nitrogens with one attached hydrogen (secondary N) is 1. The fraction of sp³-hybridized carbons (Fsp3) is 0.522. The minimum absolute atomic E-state index is 0.00459. The summed E-state index contributed by atoms with van der Waals surface area (Å²) in [5.41, 5.74) is 3.20. The predicted octanol–water partition coefficient (Wildman–Crippen LogP) is 4.38. The van der Waals surface area contributed by atoms with Gasteiger partial charge >= 0.3 is 0 Å². The summed E-state index contributed by atoms with van der Waals surface area (Å²) in [4.78, 5) is 29.4. The molecule has 1 N–H and O–H groups in total. The molecule has 7 nitrogen and oxygen atoms in total. The first-order valence-electron chi connectivity index (χ1n) is 10.6. The summed E-state index contributed by atoms with van der Waals surface area (Å²) in [6.07, 6.45) is 2.58. The fourth-order valence-electron chi connectivity index (χ4n) is 4.85. The SMILES string of the molecule is CCC(=O)Nc1cc(C(=O)CSc2nnc3c(n2)[C@]2(C)CC[C@H]3C2(C)C)ccc1OC. The molecule has 1 aromatic heterocycles. The molecule has 0 aliphatic heterocycles. The van der Waals surface area contributed by atoms with Crippen molar-refractivity contribution in [3.8, 4) is 5.75 Å². The van der Waals surface area contributed by atoms with E-state index in [9.17, 15) is 9.59 Å². The highest BCUT2D eigenvalue weighted by molar-refractivity contribution is 7.99. The summed E-state index contributed by atoms with van der Waals surface area (Å²) in [7, 11) is 1.53. The van der Waals surface area contributed by atoms with E-state index in [4.69, 9.17) is 9.72 Å². The van der Waals surface area contributed by atoms with Gasteiger partial charge in [0.15, 0.2) is 5.78 Å². The van der Waals surface area contributed by atoms with Crippen LogP contribution in [-0.2, 0) is 10.2 Å². The molecular weight excluding hydrogens is 412 g/mol. The van der Waals surface area contributed by atoms with Crippen molar-refractivity contribution in [1.82, 2.24) is 15.2 Å². The van der Waals surface area contributed by atoms with Gasteiger partial charge in [-0.15, -0.1) is 5.10 Å². The zero-order valence-electron chi connectivity index (χ0n) is 18.6. The zero-order chi connectivity index (χ0) is 22.4. The molecule has 0 unspecified atom stereocenters. The van der Waals surface area contributed by atoms with E-state index in [0.717, 1.165) is 24.2 Å². The van der Waals surface area contributed by atoms with Crippen molar-refractivity contribution in [2.24, 2.45) is 5.41 Å². The molecule has 1 heterocycles. The number of amides is 1. The number of hydrogen-bond acceptors (Lipinski definition) is 7. The number of ether oxygens (including phenoxy) is 1. The molecule has 2 atom stereocenters. The molecule has 164 valence electrons. The molecule has 0 spiro atoms. The quantitative estimate of drug-likeness (QED) is 0.504. The maximum absolute atomic E-state index is 12.8. The molecule has 0 radical (unpaired) electrons. The smallest absolute Gasteiger partial charge is 0.224 e. The van der Waals surface area contributed by atoms with Crippen LogP contribution in [0, 0.1) is 5.41 Å². The molecule has 1 fully saturated rings. The van der Waals surface area contributed by atoms with Crippen LogP contribution in [0.5, 0.6) is 5.75 Å². The Kier molecular flexibility index (Phi) is 5.54. The van der Waals surface area contributed by atoms with Gasteiger partial charge in [0.1, 0.15) is 5.75 Å². The average Bonchev–Trinajstić information content (AvgIpc) is 3.09. The number of benzene rings is 1. The van der Waals surface area contributed by atoms with Crippen molar-refractivity contribution in [3.63, 3.8) is 0 Å². The standard InChI is InChI=1S/C23H28N4O3S/c1-6-18(29)24-15-11-13(7-8-17(15)30-5)16(28)12-31-21-25-20-19(26-27-21)14-9-10-23(20,4)22(14,2)3/h7-8,11,14H,6,9-10,12H2,1-5H3,(H,24,29)/t14-,23+/m1/s1. The van der Waals surface area contributed by atoms with Gasteiger partial charge in [0.25, 0.3) is 0 Å². The monoisotopic (exact) mass is 440 g/mol. The number of fused-ring (bicyclic) bond motifs is 5. The van der Waals surface area contributed by atoms with Crippen LogP contribution < -0.4 is 10.1 Å². The maximum atomic E-state index is 12.8. The third-order valence-corrected chi connectivity index (χ3v) is 8.06. The lowest BCUT2D eigenvalue weighted by molar-refractivity contribution is -0.115. The van der Waals surface area contributed by atoms with E-state index in [-0.39, 0.29) is 28.3 Å². The molecule has 1 saturated carbocycles. The van der Waals surface area contributed by atoms with Crippen molar-refractivity contribution in [2.75, 3.05) is 18.2 Å². The number of nitrogens with zero attached hydrogens (tertiary/aromatic N) is 3. The molecule has 4 rings (SSSR count). The Balaban J connectivity index is 1.49. The van der Waals surface area contributed by atoms with E-state index in [1.54, 1.807) is 25.1 Å². The summed E-state index contributed by atoms with van der Waals surface area (Å²) in [6.45, 7) is 8.63. The van der Waals surface area contributed by atoms with E-state index in [0.29, 0.717) is 34.5 Å². The van der Waals surface area contributed by atoms with Crippen molar-refractivity contribution in [1.29, 1.82) is 0 Å². The number of hydrogen-bond donors (Lipinski definition) is 1. The van der Waals surface area contributed by atoms with Gasteiger partial charge in [-0.05, 0) is 36.5 Å². The van der Waals surface area contributed by atoms with Crippen LogP contribution in [0.1, 0.15) is 74.6 Å². The van der Waals surface area contributed by atoms with Crippen LogP contribution in [0.2, 0.25) is 0 Å². The van der Waals surface area contributed by atoms with Crippen LogP contribution in [0.3, 0.4) is 0 Å². The maximum Gasteiger partial charge on any atom is 0.224 e. The van der Waals surface area contributed by atoms with E-state index < -0.39 is 0 Å². The van der Waals surface area contributed by atoms with Gasteiger partial charge in [-0.25, -0.2) is 4.98 Å². The number of rotatable bonds is 7. The van der Waals surface area contributed by atoms with Crippen molar-refractivity contribution in [3.05, 3.63) is 35.2 Å². The van der Waals surface area contributed by atoms with Crippen LogP contribution in [0.15, 0.2) is 23.4 Å². The lowest BCUT2D eigenvalue weighted by atomic mass is 9.70. The number of Topliss-reactive ketones (excluding diaryl/α,β-unsaturated/α-hetero) is 1. The summed E-state index contributed by atoms with van der Waals surface area (Å²) in [5.74, 6) is 0.905. The van der Waals surface area contributed by atoms with Gasteiger partial charge < -0.3 is 10.1 Å². The number of thioether (sulfide) groups is 1. The Morgan fingerprint density at radius 2 is 2.03 bits per heavy atom. The number of aromatic nitrogens is 3. The number of anilines is 1.